The molecule has 2 aliphatic rings. The number of guanidine groups is 1. The summed E-state index contributed by atoms with van der Waals surface area (Å²) < 4.78 is 5.59. The number of halogens is 1. The maximum atomic E-state index is 12.0. The van der Waals surface area contributed by atoms with Crippen LogP contribution in [-0.4, -0.2) is 80.1 Å². The summed E-state index contributed by atoms with van der Waals surface area (Å²) in [6.07, 6.45) is 1.94. The molecule has 0 saturated carbocycles. The molecule has 0 aliphatic carbocycles. The van der Waals surface area contributed by atoms with Crippen LogP contribution in [0.4, 0.5) is 0 Å². The second kappa shape index (κ2) is 12.3. The number of hydrogen-bond acceptors (Lipinski definition) is 4. The van der Waals surface area contributed by atoms with Crippen molar-refractivity contribution in [2.75, 3.05) is 52.4 Å². The van der Waals surface area contributed by atoms with Crippen molar-refractivity contribution in [3.8, 4) is 5.75 Å². The van der Waals surface area contributed by atoms with E-state index in [1.807, 2.05) is 13.8 Å². The van der Waals surface area contributed by atoms with Crippen LogP contribution in [0.25, 0.3) is 0 Å². The van der Waals surface area contributed by atoms with Crippen LogP contribution in [0.3, 0.4) is 0 Å². The fourth-order valence-electron chi connectivity index (χ4n) is 3.80. The van der Waals surface area contributed by atoms with Crippen LogP contribution in [0.15, 0.2) is 23.2 Å². The van der Waals surface area contributed by atoms with Gasteiger partial charge >= 0.3 is 0 Å². The number of aliphatic imine (C=N–C) groups is 1. The molecule has 2 aliphatic heterocycles. The maximum absolute atomic E-state index is 12.0. The van der Waals surface area contributed by atoms with E-state index in [-0.39, 0.29) is 35.9 Å². The van der Waals surface area contributed by atoms with Gasteiger partial charge in [-0.3, -0.25) is 14.7 Å². The van der Waals surface area contributed by atoms with Crippen molar-refractivity contribution in [1.29, 1.82) is 0 Å². The van der Waals surface area contributed by atoms with E-state index < -0.39 is 0 Å². The smallest absolute Gasteiger partial charge is 0.234 e. The molecular weight excluding hydrogens is 493 g/mol. The van der Waals surface area contributed by atoms with E-state index in [0.717, 1.165) is 70.4 Å². The normalized spacial score (nSPS) is 16.7. The first-order chi connectivity index (χ1) is 14.0. The molecule has 3 rings (SSSR count). The summed E-state index contributed by atoms with van der Waals surface area (Å²) in [6, 6.07) is 6.68. The lowest BCUT2D eigenvalue weighted by molar-refractivity contribution is -0.123. The molecule has 0 aromatic heterocycles. The first kappa shape index (κ1) is 24.7. The van der Waals surface area contributed by atoms with Crippen molar-refractivity contribution in [2.24, 2.45) is 4.99 Å². The fraction of sp³-hybridized carbons (Fsp3) is 0.636. The van der Waals surface area contributed by atoms with E-state index in [0.29, 0.717) is 6.54 Å². The molecule has 1 aromatic carbocycles. The van der Waals surface area contributed by atoms with Crippen molar-refractivity contribution in [2.45, 2.75) is 39.7 Å². The average molecular weight is 529 g/mol. The highest BCUT2D eigenvalue weighted by Gasteiger charge is 2.21. The molecule has 0 bridgehead atoms. The van der Waals surface area contributed by atoms with Crippen LogP contribution >= 0.6 is 24.0 Å². The Morgan fingerprint density at radius 3 is 2.70 bits per heavy atom. The quantitative estimate of drug-likeness (QED) is 0.321. The zero-order chi connectivity index (χ0) is 20.6. The molecule has 7 nitrogen and oxygen atoms in total. The molecule has 168 valence electrons. The third-order valence-corrected chi connectivity index (χ3v) is 5.24. The molecule has 8 heteroatoms. The van der Waals surface area contributed by atoms with Gasteiger partial charge in [-0.2, -0.15) is 0 Å². The van der Waals surface area contributed by atoms with Crippen molar-refractivity contribution in [3.05, 3.63) is 29.3 Å². The van der Waals surface area contributed by atoms with Gasteiger partial charge in [-0.25, -0.2) is 0 Å². The van der Waals surface area contributed by atoms with Gasteiger partial charge in [0.15, 0.2) is 5.96 Å². The summed E-state index contributed by atoms with van der Waals surface area (Å²) in [5.41, 5.74) is 2.63. The first-order valence-corrected chi connectivity index (χ1v) is 10.8. The van der Waals surface area contributed by atoms with Gasteiger partial charge in [-0.15, -0.1) is 24.0 Å². The summed E-state index contributed by atoms with van der Waals surface area (Å²) in [6.45, 7) is 12.5. The standard InChI is InChI=1S/C22H35N5O2.HI/c1-4-23-22(24-9-7-18-5-6-20-19(15-18)8-14-29-20)27-12-10-26(11-13-27)16-21(28)25-17(2)3;/h5-6,15,17H,4,7-14,16H2,1-3H3,(H,23,24)(H,25,28);1H. The Morgan fingerprint density at radius 2 is 2.00 bits per heavy atom. The molecule has 1 saturated heterocycles. The Bertz CT molecular complexity index is 717. The van der Waals surface area contributed by atoms with Crippen LogP contribution in [0.5, 0.6) is 5.75 Å². The van der Waals surface area contributed by atoms with Crippen LogP contribution < -0.4 is 15.4 Å². The molecule has 30 heavy (non-hydrogen) atoms. The van der Waals surface area contributed by atoms with Crippen molar-refractivity contribution >= 4 is 35.8 Å². The van der Waals surface area contributed by atoms with Crippen molar-refractivity contribution < 1.29 is 9.53 Å². The number of rotatable bonds is 7. The maximum Gasteiger partial charge on any atom is 0.234 e. The zero-order valence-corrected chi connectivity index (χ0v) is 20.8. The Hall–Kier alpha value is -1.55. The predicted molar refractivity (Wildman–Crippen MR) is 132 cm³/mol. The minimum Gasteiger partial charge on any atom is -0.493 e. The summed E-state index contributed by atoms with van der Waals surface area (Å²) in [4.78, 5) is 21.3. The topological polar surface area (TPSA) is 69.2 Å². The third-order valence-electron chi connectivity index (χ3n) is 5.24. The Kier molecular flexibility index (Phi) is 10.2. The molecular formula is C22H36IN5O2. The van der Waals surface area contributed by atoms with E-state index in [4.69, 9.17) is 9.73 Å². The average Bonchev–Trinajstić information content (AvgIpc) is 3.15. The molecule has 2 heterocycles. The fourth-order valence-corrected chi connectivity index (χ4v) is 3.80. The molecule has 1 amide bonds. The number of fused-ring (bicyclic) bond motifs is 1. The second-order valence-corrected chi connectivity index (χ2v) is 8.01. The lowest BCUT2D eigenvalue weighted by atomic mass is 10.1. The number of benzene rings is 1. The number of hydrogen-bond donors (Lipinski definition) is 2. The highest BCUT2D eigenvalue weighted by atomic mass is 127. The lowest BCUT2D eigenvalue weighted by Gasteiger charge is -2.36. The number of ether oxygens (including phenoxy) is 1. The molecule has 0 radical (unpaired) electrons. The van der Waals surface area contributed by atoms with Gasteiger partial charge in [0.05, 0.1) is 13.2 Å². The Morgan fingerprint density at radius 1 is 1.23 bits per heavy atom. The van der Waals surface area contributed by atoms with E-state index in [1.165, 1.54) is 11.1 Å². The number of piperazine rings is 1. The summed E-state index contributed by atoms with van der Waals surface area (Å²) in [7, 11) is 0. The minimum atomic E-state index is 0. The number of nitrogens with one attached hydrogen (secondary N) is 2. The van der Waals surface area contributed by atoms with Gasteiger partial charge in [-0.05, 0) is 44.4 Å². The van der Waals surface area contributed by atoms with Gasteiger partial charge in [0.1, 0.15) is 5.75 Å². The minimum absolute atomic E-state index is 0. The number of carbonyl (C=O) groups excluding carboxylic acids is 1. The van der Waals surface area contributed by atoms with Gasteiger partial charge < -0.3 is 20.3 Å². The molecule has 0 unspecified atom stereocenters. The lowest BCUT2D eigenvalue weighted by Crippen LogP contribution is -2.54. The van der Waals surface area contributed by atoms with Crippen LogP contribution in [-0.2, 0) is 17.6 Å². The number of nitrogens with zero attached hydrogens (tertiary/aromatic N) is 3. The largest absolute Gasteiger partial charge is 0.493 e. The number of carbonyl (C=O) groups is 1. The number of amides is 1. The van der Waals surface area contributed by atoms with Crippen LogP contribution in [0.2, 0.25) is 0 Å². The zero-order valence-electron chi connectivity index (χ0n) is 18.4. The predicted octanol–water partition coefficient (Wildman–Crippen LogP) is 1.89. The van der Waals surface area contributed by atoms with Gasteiger partial charge in [0.2, 0.25) is 5.91 Å². The van der Waals surface area contributed by atoms with Gasteiger partial charge in [-0.1, -0.05) is 12.1 Å². The van der Waals surface area contributed by atoms with E-state index in [2.05, 4.69) is 45.6 Å². The van der Waals surface area contributed by atoms with E-state index >= 15 is 0 Å². The highest BCUT2D eigenvalue weighted by molar-refractivity contribution is 14.0. The van der Waals surface area contributed by atoms with Crippen LogP contribution in [0.1, 0.15) is 31.9 Å². The second-order valence-electron chi connectivity index (χ2n) is 8.01. The summed E-state index contributed by atoms with van der Waals surface area (Å²) >= 11 is 0. The Balaban J connectivity index is 0.00000320. The van der Waals surface area contributed by atoms with Gasteiger partial charge in [0.25, 0.3) is 0 Å². The monoisotopic (exact) mass is 529 g/mol. The Labute approximate surface area is 197 Å². The van der Waals surface area contributed by atoms with E-state index in [1.54, 1.807) is 0 Å². The summed E-state index contributed by atoms with van der Waals surface area (Å²) in [5, 5.41) is 6.39. The van der Waals surface area contributed by atoms with Gasteiger partial charge in [0, 0.05) is 51.7 Å². The molecule has 1 aromatic rings. The molecule has 0 spiro atoms. The SMILES string of the molecule is CCNC(=NCCc1ccc2c(c1)CCO2)N1CCN(CC(=O)NC(C)C)CC1.I. The molecule has 2 N–H and O–H groups in total. The first-order valence-electron chi connectivity index (χ1n) is 10.8. The highest BCUT2D eigenvalue weighted by Crippen LogP contribution is 2.25. The van der Waals surface area contributed by atoms with Crippen LogP contribution in [0, 0.1) is 0 Å². The molecule has 0 atom stereocenters. The summed E-state index contributed by atoms with van der Waals surface area (Å²) in [5.74, 6) is 2.11. The molecule has 1 fully saturated rings. The van der Waals surface area contributed by atoms with Crippen molar-refractivity contribution in [1.82, 2.24) is 20.4 Å². The van der Waals surface area contributed by atoms with Crippen molar-refractivity contribution in [3.63, 3.8) is 0 Å². The third kappa shape index (κ3) is 7.30. The van der Waals surface area contributed by atoms with E-state index in [9.17, 15) is 4.79 Å².